The molecule has 2 atom stereocenters. The number of thioether (sulfide) groups is 1. The van der Waals surface area contributed by atoms with Crippen molar-refractivity contribution in [3.63, 3.8) is 0 Å². The van der Waals surface area contributed by atoms with E-state index in [0.29, 0.717) is 18.4 Å². The number of carboxylic acids is 1. The zero-order chi connectivity index (χ0) is 13.1. The number of aliphatic carboxylic acids is 1. The van der Waals surface area contributed by atoms with Gasteiger partial charge in [0.25, 0.3) is 0 Å². The molecule has 0 saturated carbocycles. The molecule has 2 unspecified atom stereocenters. The Labute approximate surface area is 110 Å². The number of hydrogen-bond acceptors (Lipinski definition) is 4. The van der Waals surface area contributed by atoms with E-state index in [-0.39, 0.29) is 12.6 Å². The second-order valence-electron chi connectivity index (χ2n) is 4.55. The number of carbonyl (C=O) groups is 2. The van der Waals surface area contributed by atoms with E-state index in [1.165, 1.54) is 0 Å². The van der Waals surface area contributed by atoms with Crippen LogP contribution >= 0.6 is 11.8 Å². The summed E-state index contributed by atoms with van der Waals surface area (Å²) in [5.41, 5.74) is 0. The van der Waals surface area contributed by atoms with Crippen LogP contribution in [-0.2, 0) is 9.53 Å². The summed E-state index contributed by atoms with van der Waals surface area (Å²) >= 11 is 1.86. The van der Waals surface area contributed by atoms with Crippen LogP contribution in [0.3, 0.4) is 0 Å². The minimum Gasteiger partial charge on any atom is -0.479 e. The fourth-order valence-corrected chi connectivity index (χ4v) is 3.18. The molecular formula is C11H18N2O4S. The van der Waals surface area contributed by atoms with Crippen LogP contribution in [0, 0.1) is 0 Å². The van der Waals surface area contributed by atoms with Crippen molar-refractivity contribution in [1.82, 2.24) is 9.80 Å². The zero-order valence-electron chi connectivity index (χ0n) is 10.4. The van der Waals surface area contributed by atoms with E-state index in [1.54, 1.807) is 4.90 Å². The van der Waals surface area contributed by atoms with Gasteiger partial charge in [0.2, 0.25) is 0 Å². The highest BCUT2D eigenvalue weighted by atomic mass is 32.2. The lowest BCUT2D eigenvalue weighted by atomic mass is 10.3. The van der Waals surface area contributed by atoms with E-state index in [4.69, 9.17) is 9.84 Å². The largest absolute Gasteiger partial charge is 0.479 e. The monoisotopic (exact) mass is 274 g/mol. The number of ether oxygens (including phenoxy) is 1. The Hall–Kier alpha value is -0.950. The summed E-state index contributed by atoms with van der Waals surface area (Å²) in [6.45, 7) is 4.48. The van der Waals surface area contributed by atoms with Crippen LogP contribution in [0.25, 0.3) is 0 Å². The highest BCUT2D eigenvalue weighted by molar-refractivity contribution is 7.99. The van der Waals surface area contributed by atoms with Crippen molar-refractivity contribution in [3.8, 4) is 0 Å². The first-order valence-corrected chi connectivity index (χ1v) is 7.12. The van der Waals surface area contributed by atoms with Crippen LogP contribution in [0.15, 0.2) is 0 Å². The van der Waals surface area contributed by atoms with Crippen molar-refractivity contribution in [2.75, 3.05) is 38.5 Å². The Kier molecular flexibility index (Phi) is 4.34. The molecule has 102 valence electrons. The molecule has 0 aromatic rings. The minimum absolute atomic E-state index is 0.0586. The lowest BCUT2D eigenvalue weighted by Gasteiger charge is -2.37. The molecule has 2 fully saturated rings. The first kappa shape index (κ1) is 13.5. The molecule has 2 amide bonds. The molecule has 0 bridgehead atoms. The maximum Gasteiger partial charge on any atom is 0.334 e. The molecule has 2 saturated heterocycles. The summed E-state index contributed by atoms with van der Waals surface area (Å²) in [4.78, 5) is 26.5. The second kappa shape index (κ2) is 5.79. The molecule has 2 aliphatic rings. The van der Waals surface area contributed by atoms with Gasteiger partial charge in [-0.25, -0.2) is 9.59 Å². The van der Waals surface area contributed by atoms with Crippen LogP contribution < -0.4 is 0 Å². The smallest absolute Gasteiger partial charge is 0.334 e. The Morgan fingerprint density at radius 1 is 1.28 bits per heavy atom. The number of rotatable bonds is 1. The lowest BCUT2D eigenvalue weighted by Crippen LogP contribution is -2.54. The van der Waals surface area contributed by atoms with Gasteiger partial charge in [-0.05, 0) is 0 Å². The van der Waals surface area contributed by atoms with Crippen molar-refractivity contribution in [2.45, 2.75) is 18.3 Å². The third-order valence-electron chi connectivity index (χ3n) is 3.12. The normalized spacial score (nSPS) is 29.2. The molecule has 0 spiro atoms. The van der Waals surface area contributed by atoms with Crippen LogP contribution in [0.2, 0.25) is 0 Å². The Balaban J connectivity index is 1.93. The van der Waals surface area contributed by atoms with Gasteiger partial charge in [-0.2, -0.15) is 11.8 Å². The average Bonchev–Trinajstić information content (AvgIpc) is 2.38. The van der Waals surface area contributed by atoms with Crippen molar-refractivity contribution in [3.05, 3.63) is 0 Å². The predicted octanol–water partition coefficient (Wildman–Crippen LogP) is 0.329. The molecule has 0 aliphatic carbocycles. The number of hydrogen-bond donors (Lipinski definition) is 1. The van der Waals surface area contributed by atoms with Crippen molar-refractivity contribution < 1.29 is 19.4 Å². The lowest BCUT2D eigenvalue weighted by molar-refractivity contribution is -0.154. The molecule has 18 heavy (non-hydrogen) atoms. The maximum atomic E-state index is 12.3. The van der Waals surface area contributed by atoms with Crippen molar-refractivity contribution >= 4 is 23.8 Å². The highest BCUT2D eigenvalue weighted by Gasteiger charge is 2.32. The van der Waals surface area contributed by atoms with Gasteiger partial charge in [-0.3, -0.25) is 0 Å². The molecule has 0 aromatic heterocycles. The summed E-state index contributed by atoms with van der Waals surface area (Å²) in [6.07, 6.45) is -0.890. The van der Waals surface area contributed by atoms with E-state index in [0.717, 1.165) is 18.8 Å². The Bertz CT molecular complexity index is 339. The third-order valence-corrected chi connectivity index (χ3v) is 4.26. The molecule has 2 heterocycles. The average molecular weight is 274 g/mol. The van der Waals surface area contributed by atoms with E-state index >= 15 is 0 Å². The molecule has 2 aliphatic heterocycles. The van der Waals surface area contributed by atoms with Crippen LogP contribution in [0.5, 0.6) is 0 Å². The van der Waals surface area contributed by atoms with Gasteiger partial charge in [0.1, 0.15) is 0 Å². The number of morpholine rings is 1. The molecule has 6 nitrogen and oxygen atoms in total. The standard InChI is InChI=1S/C11H18N2O4S/c1-8-6-13(3-5-18-8)11(16)12-2-4-17-9(7-12)10(14)15/h8-9H,2-7H2,1H3,(H,14,15). The number of amides is 2. The molecule has 0 radical (unpaired) electrons. The predicted molar refractivity (Wildman–Crippen MR) is 67.8 cm³/mol. The van der Waals surface area contributed by atoms with Gasteiger partial charge in [-0.15, -0.1) is 0 Å². The molecule has 7 heteroatoms. The Morgan fingerprint density at radius 2 is 2.00 bits per heavy atom. The minimum atomic E-state index is -1.00. The van der Waals surface area contributed by atoms with Crippen LogP contribution in [0.4, 0.5) is 4.79 Å². The third kappa shape index (κ3) is 3.08. The molecule has 0 aromatic carbocycles. The van der Waals surface area contributed by atoms with E-state index in [2.05, 4.69) is 6.92 Å². The first-order chi connectivity index (χ1) is 8.58. The summed E-state index contributed by atoms with van der Waals surface area (Å²) in [5, 5.41) is 9.35. The molecule has 1 N–H and O–H groups in total. The van der Waals surface area contributed by atoms with Gasteiger partial charge in [0.05, 0.1) is 13.2 Å². The fourth-order valence-electron chi connectivity index (χ4n) is 2.16. The zero-order valence-corrected chi connectivity index (χ0v) is 11.2. The van der Waals surface area contributed by atoms with Crippen LogP contribution in [0.1, 0.15) is 6.92 Å². The summed E-state index contributed by atoms with van der Waals surface area (Å²) in [5.74, 6) is -0.0605. The summed E-state index contributed by atoms with van der Waals surface area (Å²) < 4.78 is 5.11. The van der Waals surface area contributed by atoms with Crippen molar-refractivity contribution in [2.24, 2.45) is 0 Å². The number of carboxylic acid groups (broad SMARTS) is 1. The maximum absolute atomic E-state index is 12.3. The van der Waals surface area contributed by atoms with Crippen molar-refractivity contribution in [1.29, 1.82) is 0 Å². The number of urea groups is 1. The quantitative estimate of drug-likeness (QED) is 0.746. The molecule has 2 rings (SSSR count). The Morgan fingerprint density at radius 3 is 2.67 bits per heavy atom. The van der Waals surface area contributed by atoms with E-state index in [9.17, 15) is 9.59 Å². The number of carbonyl (C=O) groups excluding carboxylic acids is 1. The first-order valence-electron chi connectivity index (χ1n) is 6.08. The topological polar surface area (TPSA) is 70.1 Å². The second-order valence-corrected chi connectivity index (χ2v) is 6.10. The van der Waals surface area contributed by atoms with Gasteiger partial charge in [-0.1, -0.05) is 6.92 Å². The SMILES string of the molecule is CC1CN(C(=O)N2CCOC(C(=O)O)C2)CCS1. The van der Waals surface area contributed by atoms with Gasteiger partial charge < -0.3 is 19.6 Å². The van der Waals surface area contributed by atoms with Gasteiger partial charge >= 0.3 is 12.0 Å². The highest BCUT2D eigenvalue weighted by Crippen LogP contribution is 2.19. The van der Waals surface area contributed by atoms with Gasteiger partial charge in [0.15, 0.2) is 6.10 Å². The van der Waals surface area contributed by atoms with Gasteiger partial charge in [0, 0.05) is 30.6 Å². The summed E-state index contributed by atoms with van der Waals surface area (Å²) in [6, 6.07) is -0.0586. The van der Waals surface area contributed by atoms with E-state index in [1.807, 2.05) is 16.7 Å². The van der Waals surface area contributed by atoms with E-state index < -0.39 is 12.1 Å². The number of nitrogens with zero attached hydrogens (tertiary/aromatic N) is 2. The van der Waals surface area contributed by atoms with Crippen LogP contribution in [-0.4, -0.2) is 76.8 Å². The fraction of sp³-hybridized carbons (Fsp3) is 0.818. The molecular weight excluding hydrogens is 256 g/mol. The summed E-state index contributed by atoms with van der Waals surface area (Å²) in [7, 11) is 0.